The fourth-order valence-corrected chi connectivity index (χ4v) is 8.64. The van der Waals surface area contributed by atoms with Crippen LogP contribution in [0.3, 0.4) is 0 Å². The molecule has 0 atom stereocenters. The second-order valence-corrected chi connectivity index (χ2v) is 13.3. The number of benzene rings is 9. The fourth-order valence-electron chi connectivity index (χ4n) is 8.64. The van der Waals surface area contributed by atoms with Gasteiger partial charge in [0, 0.05) is 38.5 Å². The number of nitrogens with zero attached hydrogens (tertiary/aromatic N) is 2. The number of rotatable bonds is 3. The van der Waals surface area contributed by atoms with Crippen molar-refractivity contribution in [3.63, 3.8) is 0 Å². The summed E-state index contributed by atoms with van der Waals surface area (Å²) in [5, 5.41) is 12.8. The van der Waals surface area contributed by atoms with E-state index in [1.165, 1.54) is 87.1 Å². The molecule has 0 radical (unpaired) electrons. The molecule has 0 fully saturated rings. The summed E-state index contributed by atoms with van der Waals surface area (Å²) in [5.74, 6) is 0. The van der Waals surface area contributed by atoms with Crippen LogP contribution in [-0.2, 0) is 0 Å². The molecular formula is C48H30N2. The Balaban J connectivity index is 1.24. The van der Waals surface area contributed by atoms with Gasteiger partial charge in [0.2, 0.25) is 0 Å². The molecule has 11 aromatic rings. The minimum Gasteiger partial charge on any atom is -0.309 e. The summed E-state index contributed by atoms with van der Waals surface area (Å²) in [6.07, 6.45) is 0. The van der Waals surface area contributed by atoms with Crippen LogP contribution in [-0.4, -0.2) is 9.13 Å². The molecule has 0 aliphatic heterocycles. The van der Waals surface area contributed by atoms with Gasteiger partial charge in [-0.05, 0) is 80.3 Å². The highest BCUT2D eigenvalue weighted by molar-refractivity contribution is 6.26. The zero-order chi connectivity index (χ0) is 32.8. The van der Waals surface area contributed by atoms with Gasteiger partial charge in [-0.2, -0.15) is 0 Å². The Labute approximate surface area is 288 Å². The van der Waals surface area contributed by atoms with E-state index in [0.717, 1.165) is 11.4 Å². The predicted octanol–water partition coefficient (Wildman–Crippen LogP) is 13.0. The molecule has 2 nitrogen and oxygen atoms in total. The van der Waals surface area contributed by atoms with Crippen LogP contribution < -0.4 is 0 Å². The normalized spacial score (nSPS) is 12.0. The van der Waals surface area contributed by atoms with Crippen LogP contribution in [0.15, 0.2) is 182 Å². The zero-order valence-electron chi connectivity index (χ0n) is 27.2. The monoisotopic (exact) mass is 634 g/mol. The molecule has 0 unspecified atom stereocenters. The molecule has 9 aromatic carbocycles. The highest BCUT2D eigenvalue weighted by atomic mass is 15.0. The van der Waals surface area contributed by atoms with Crippen LogP contribution in [0.2, 0.25) is 0 Å². The minimum absolute atomic E-state index is 1.16. The van der Waals surface area contributed by atoms with Crippen molar-refractivity contribution in [1.82, 2.24) is 9.13 Å². The third-order valence-corrected chi connectivity index (χ3v) is 10.7. The summed E-state index contributed by atoms with van der Waals surface area (Å²) in [6.45, 7) is 0. The fraction of sp³-hybridized carbons (Fsp3) is 0. The lowest BCUT2D eigenvalue weighted by atomic mass is 9.94. The average molecular weight is 635 g/mol. The van der Waals surface area contributed by atoms with Crippen molar-refractivity contribution in [2.45, 2.75) is 0 Å². The van der Waals surface area contributed by atoms with Crippen LogP contribution in [0.25, 0.3) is 98.4 Å². The van der Waals surface area contributed by atoms with Crippen LogP contribution in [0.4, 0.5) is 0 Å². The molecule has 50 heavy (non-hydrogen) atoms. The second-order valence-electron chi connectivity index (χ2n) is 13.3. The second kappa shape index (κ2) is 10.4. The highest BCUT2D eigenvalue weighted by Crippen LogP contribution is 2.44. The smallest absolute Gasteiger partial charge is 0.0619 e. The molecule has 2 heterocycles. The largest absolute Gasteiger partial charge is 0.309 e. The van der Waals surface area contributed by atoms with Gasteiger partial charge >= 0.3 is 0 Å². The van der Waals surface area contributed by atoms with Crippen LogP contribution in [0.1, 0.15) is 0 Å². The van der Waals surface area contributed by atoms with E-state index < -0.39 is 0 Å². The van der Waals surface area contributed by atoms with Crippen molar-refractivity contribution >= 4 is 75.9 Å². The Hall–Kier alpha value is -6.64. The quantitative estimate of drug-likeness (QED) is 0.171. The van der Waals surface area contributed by atoms with Crippen LogP contribution in [0, 0.1) is 0 Å². The molecule has 0 saturated heterocycles. The standard InChI is InChI=1S/C48H30N2/c1-2-14-31(15-3-1)50-44-25-10-8-20-38(44)40-23-12-24-41(48(40)50)39-22-13-27-46-47(39)42-21-9-11-26-45(42)49(46)32-28-29-37-35-18-5-4-16-33(35)34-17-6-7-19-36(34)43(37)30-32/h1-30H. The van der Waals surface area contributed by atoms with Gasteiger partial charge in [0.15, 0.2) is 0 Å². The molecule has 2 heteroatoms. The summed E-state index contributed by atoms with van der Waals surface area (Å²) >= 11 is 0. The Morgan fingerprint density at radius 3 is 1.48 bits per heavy atom. The van der Waals surface area contributed by atoms with Crippen molar-refractivity contribution in [2.75, 3.05) is 0 Å². The Morgan fingerprint density at radius 1 is 0.260 bits per heavy atom. The highest BCUT2D eigenvalue weighted by Gasteiger charge is 2.21. The van der Waals surface area contributed by atoms with Gasteiger partial charge in [0.05, 0.1) is 22.1 Å². The first-order chi connectivity index (χ1) is 24.8. The molecule has 0 spiro atoms. The predicted molar refractivity (Wildman–Crippen MR) is 213 cm³/mol. The molecule has 232 valence electrons. The van der Waals surface area contributed by atoms with Crippen LogP contribution >= 0.6 is 0 Å². The minimum atomic E-state index is 1.16. The Bertz CT molecular complexity index is 3110. The van der Waals surface area contributed by atoms with Crippen molar-refractivity contribution in [3.8, 4) is 22.5 Å². The van der Waals surface area contributed by atoms with Gasteiger partial charge in [0.25, 0.3) is 0 Å². The maximum absolute atomic E-state index is 2.46. The number of hydrogen-bond donors (Lipinski definition) is 0. The van der Waals surface area contributed by atoms with E-state index in [9.17, 15) is 0 Å². The Kier molecular flexibility index (Phi) is 5.70. The third-order valence-electron chi connectivity index (χ3n) is 10.7. The van der Waals surface area contributed by atoms with Gasteiger partial charge < -0.3 is 9.13 Å². The van der Waals surface area contributed by atoms with E-state index in [-0.39, 0.29) is 0 Å². The summed E-state index contributed by atoms with van der Waals surface area (Å²) < 4.78 is 4.90. The molecule has 11 rings (SSSR count). The topological polar surface area (TPSA) is 9.86 Å². The van der Waals surface area contributed by atoms with Crippen molar-refractivity contribution in [3.05, 3.63) is 182 Å². The molecule has 2 aromatic heterocycles. The van der Waals surface area contributed by atoms with Gasteiger partial charge in [0.1, 0.15) is 0 Å². The lowest BCUT2D eigenvalue weighted by molar-refractivity contribution is 1.18. The van der Waals surface area contributed by atoms with Crippen molar-refractivity contribution in [2.24, 2.45) is 0 Å². The maximum atomic E-state index is 2.46. The summed E-state index contributed by atoms with van der Waals surface area (Å²) in [4.78, 5) is 0. The molecule has 0 aliphatic carbocycles. The first-order valence-electron chi connectivity index (χ1n) is 17.3. The first-order valence-corrected chi connectivity index (χ1v) is 17.3. The van der Waals surface area contributed by atoms with E-state index in [1.54, 1.807) is 0 Å². The summed E-state index contributed by atoms with van der Waals surface area (Å²) in [6, 6.07) is 66.7. The van der Waals surface area contributed by atoms with E-state index in [1.807, 2.05) is 0 Å². The van der Waals surface area contributed by atoms with E-state index in [2.05, 4.69) is 191 Å². The molecule has 0 saturated carbocycles. The van der Waals surface area contributed by atoms with Gasteiger partial charge in [-0.15, -0.1) is 0 Å². The number of fused-ring (bicyclic) bond motifs is 12. The van der Waals surface area contributed by atoms with E-state index in [4.69, 9.17) is 0 Å². The molecule has 0 amide bonds. The van der Waals surface area contributed by atoms with Crippen molar-refractivity contribution in [1.29, 1.82) is 0 Å². The number of aromatic nitrogens is 2. The molecule has 0 N–H and O–H groups in total. The lowest BCUT2D eigenvalue weighted by Gasteiger charge is -2.14. The average Bonchev–Trinajstić information content (AvgIpc) is 3.72. The van der Waals surface area contributed by atoms with Gasteiger partial charge in [-0.25, -0.2) is 0 Å². The SMILES string of the molecule is c1ccc(-n2c3ccccc3c3cccc(-c4cccc5c4c4ccccc4n5-c4ccc5c6ccccc6c6ccccc6c5c4)c32)cc1. The molecule has 0 bridgehead atoms. The van der Waals surface area contributed by atoms with Crippen molar-refractivity contribution < 1.29 is 0 Å². The first kappa shape index (κ1) is 27.3. The summed E-state index contributed by atoms with van der Waals surface area (Å²) in [5.41, 5.74) is 9.64. The molecule has 0 aliphatic rings. The number of para-hydroxylation sites is 4. The number of hydrogen-bond acceptors (Lipinski definition) is 0. The maximum Gasteiger partial charge on any atom is 0.0619 e. The summed E-state index contributed by atoms with van der Waals surface area (Å²) in [7, 11) is 0. The van der Waals surface area contributed by atoms with Gasteiger partial charge in [-0.3, -0.25) is 0 Å². The van der Waals surface area contributed by atoms with E-state index in [0.29, 0.717) is 0 Å². The molecular weight excluding hydrogens is 605 g/mol. The van der Waals surface area contributed by atoms with E-state index >= 15 is 0 Å². The van der Waals surface area contributed by atoms with Crippen LogP contribution in [0.5, 0.6) is 0 Å². The zero-order valence-corrected chi connectivity index (χ0v) is 27.2. The Morgan fingerprint density at radius 2 is 0.760 bits per heavy atom. The third kappa shape index (κ3) is 3.73. The lowest BCUT2D eigenvalue weighted by Crippen LogP contribution is -1.96. The van der Waals surface area contributed by atoms with Gasteiger partial charge in [-0.1, -0.05) is 140 Å².